The smallest absolute Gasteiger partial charge is 0.326 e. The zero-order chi connectivity index (χ0) is 35.4. The number of carboxylic acid groups (broad SMARTS) is 3. The van der Waals surface area contributed by atoms with E-state index in [9.17, 15) is 53.4 Å². The highest BCUT2D eigenvalue weighted by Crippen LogP contribution is 2.07. The molecule has 6 amide bonds. The van der Waals surface area contributed by atoms with Gasteiger partial charge in [-0.3, -0.25) is 38.4 Å². The van der Waals surface area contributed by atoms with Crippen molar-refractivity contribution in [3.63, 3.8) is 0 Å². The van der Waals surface area contributed by atoms with Crippen LogP contribution in [0, 0.1) is 5.92 Å². The summed E-state index contributed by atoms with van der Waals surface area (Å²) in [6.45, 7) is 2.68. The van der Waals surface area contributed by atoms with Gasteiger partial charge in [0.25, 0.3) is 0 Å². The maximum Gasteiger partial charge on any atom is 0.326 e. The van der Waals surface area contributed by atoms with Crippen LogP contribution in [0.3, 0.4) is 0 Å². The molecule has 0 aliphatic rings. The topological polar surface area (TPSA) is 323 Å². The first-order valence-electron chi connectivity index (χ1n) is 14.0. The Balaban J connectivity index is 0. The van der Waals surface area contributed by atoms with Gasteiger partial charge < -0.3 is 53.4 Å². The monoisotopic (exact) mass is 712 g/mol. The van der Waals surface area contributed by atoms with Crippen LogP contribution in [-0.4, -0.2) is 124 Å². The molecular formula is C26H46N7O12S2+. The summed E-state index contributed by atoms with van der Waals surface area (Å²) in [5, 5.41) is 41.1. The lowest BCUT2D eigenvalue weighted by Crippen LogP contribution is -2.57. The highest BCUT2D eigenvalue weighted by atomic mass is 32.2. The lowest BCUT2D eigenvalue weighted by Gasteiger charge is -2.24. The van der Waals surface area contributed by atoms with Crippen molar-refractivity contribution >= 4 is 78.2 Å². The molecule has 0 heterocycles. The van der Waals surface area contributed by atoms with Gasteiger partial charge in [0, 0.05) is 12.2 Å². The lowest BCUT2D eigenvalue weighted by molar-refractivity contribution is -0.143. The molecule has 5 atom stereocenters. The Morgan fingerprint density at radius 3 is 1.79 bits per heavy atom. The number of hydrogen-bond acceptors (Lipinski definition) is 11. The largest absolute Gasteiger partial charge is 0.481 e. The maximum atomic E-state index is 12.9. The number of nitrogens with one attached hydrogen (secondary N) is 6. The molecule has 0 aromatic carbocycles. The number of hydrogen-bond donors (Lipinski definition) is 11. The molecule has 0 radical (unpaired) electrons. The molecule has 19 nitrogen and oxygen atoms in total. The van der Waals surface area contributed by atoms with Crippen molar-refractivity contribution in [3.8, 4) is 0 Å². The Hall–Kier alpha value is -4.11. The van der Waals surface area contributed by atoms with Gasteiger partial charge >= 0.3 is 17.9 Å². The zero-order valence-electron chi connectivity index (χ0n) is 26.6. The fraction of sp³-hybridized carbons (Fsp3) is 0.654. The number of carboxylic acids is 3. The quantitative estimate of drug-likeness (QED) is 0.0371. The standard InChI is InChI=1S/C26H42N6O12S2.H3N/c1-13(2)8-17(26(43)44)32-24(41)15(4-5-20(35)36)30-25(42)18(11-45)29-19(34)10-27-22(39)16(9-21(37)38)31-23(40)14(28-12-33)6-7-46-3;/h12-18,45H,4-11H2,1-3H3,(H,27,39)(H,28,33)(H,29,34)(H,30,42)(H,31,40)(H,32,41)(H,35,36)(H,37,38)(H,43,44);1H3/p+1/t14-,15-,16-,17-,18-;/m0./s1. The van der Waals surface area contributed by atoms with Crippen LogP contribution < -0.4 is 38.1 Å². The van der Waals surface area contributed by atoms with E-state index in [1.165, 1.54) is 11.8 Å². The second kappa shape index (κ2) is 24.1. The summed E-state index contributed by atoms with van der Waals surface area (Å²) in [6, 6.07) is -6.85. The third-order valence-corrected chi connectivity index (χ3v) is 7.08. The van der Waals surface area contributed by atoms with Crippen molar-refractivity contribution in [3.05, 3.63) is 0 Å². The number of thioether (sulfide) groups is 1. The van der Waals surface area contributed by atoms with E-state index in [-0.39, 0.29) is 37.1 Å². The number of carbonyl (C=O) groups excluding carboxylic acids is 6. The number of aliphatic carboxylic acids is 3. The third-order valence-electron chi connectivity index (χ3n) is 6.07. The van der Waals surface area contributed by atoms with E-state index in [0.29, 0.717) is 5.75 Å². The number of carbonyl (C=O) groups is 9. The van der Waals surface area contributed by atoms with Gasteiger partial charge in [0.2, 0.25) is 35.9 Å². The van der Waals surface area contributed by atoms with E-state index >= 15 is 0 Å². The van der Waals surface area contributed by atoms with Gasteiger partial charge in [0.1, 0.15) is 30.2 Å². The average molecular weight is 713 g/mol. The predicted molar refractivity (Wildman–Crippen MR) is 173 cm³/mol. The van der Waals surface area contributed by atoms with Crippen LogP contribution >= 0.6 is 24.4 Å². The highest BCUT2D eigenvalue weighted by Gasteiger charge is 2.31. The molecule has 47 heavy (non-hydrogen) atoms. The molecule has 0 saturated carbocycles. The van der Waals surface area contributed by atoms with Crippen LogP contribution in [0.25, 0.3) is 0 Å². The fourth-order valence-electron chi connectivity index (χ4n) is 3.77. The Kier molecular flexibility index (Phi) is 23.1. The van der Waals surface area contributed by atoms with E-state index in [1.54, 1.807) is 20.1 Å². The second-order valence-corrected chi connectivity index (χ2v) is 11.7. The second-order valence-electron chi connectivity index (χ2n) is 10.3. The Bertz CT molecular complexity index is 1110. The van der Waals surface area contributed by atoms with Gasteiger partial charge in [-0.2, -0.15) is 24.4 Å². The molecule has 0 aliphatic heterocycles. The van der Waals surface area contributed by atoms with Crippen molar-refractivity contribution in [1.82, 2.24) is 38.1 Å². The molecule has 0 fully saturated rings. The van der Waals surface area contributed by atoms with Gasteiger partial charge in [-0.25, -0.2) is 4.79 Å². The van der Waals surface area contributed by atoms with Crippen molar-refractivity contribution in [1.29, 1.82) is 0 Å². The van der Waals surface area contributed by atoms with Crippen molar-refractivity contribution in [2.75, 3.05) is 24.3 Å². The van der Waals surface area contributed by atoms with Gasteiger partial charge in [-0.15, -0.1) is 0 Å². The van der Waals surface area contributed by atoms with Gasteiger partial charge in [-0.05, 0) is 37.2 Å². The average Bonchev–Trinajstić information content (AvgIpc) is 2.97. The van der Waals surface area contributed by atoms with Crippen LogP contribution in [0.2, 0.25) is 0 Å². The van der Waals surface area contributed by atoms with E-state index in [2.05, 4.69) is 44.5 Å². The van der Waals surface area contributed by atoms with Crippen LogP contribution in [-0.2, 0) is 43.2 Å². The molecule has 0 aliphatic carbocycles. The first-order valence-corrected chi connectivity index (χ1v) is 16.0. The minimum absolute atomic E-state index is 0. The summed E-state index contributed by atoms with van der Waals surface area (Å²) in [5.74, 6) is -8.75. The summed E-state index contributed by atoms with van der Waals surface area (Å²) in [7, 11) is 0. The fourth-order valence-corrected chi connectivity index (χ4v) is 4.50. The normalized spacial score (nSPS) is 13.6. The van der Waals surface area contributed by atoms with E-state index in [1.807, 2.05) is 0 Å². The van der Waals surface area contributed by atoms with Gasteiger partial charge in [0.15, 0.2) is 0 Å². The molecule has 268 valence electrons. The van der Waals surface area contributed by atoms with Crippen molar-refractivity contribution in [2.45, 2.75) is 76.2 Å². The molecule has 21 heteroatoms. The summed E-state index contributed by atoms with van der Waals surface area (Å²) < 4.78 is 0. The molecule has 0 rings (SSSR count). The first kappa shape index (κ1) is 45.0. The third kappa shape index (κ3) is 19.2. The summed E-state index contributed by atoms with van der Waals surface area (Å²) in [4.78, 5) is 108. The highest BCUT2D eigenvalue weighted by molar-refractivity contribution is 7.98. The van der Waals surface area contributed by atoms with Crippen molar-refractivity contribution < 1.29 is 58.5 Å². The lowest BCUT2D eigenvalue weighted by atomic mass is 10.0. The molecule has 0 aromatic rings. The van der Waals surface area contributed by atoms with E-state index in [0.717, 1.165) is 0 Å². The van der Waals surface area contributed by atoms with Crippen molar-refractivity contribution in [2.24, 2.45) is 5.92 Å². The summed E-state index contributed by atoms with van der Waals surface area (Å²) >= 11 is 5.39. The van der Waals surface area contributed by atoms with Crippen LogP contribution in [0.4, 0.5) is 0 Å². The van der Waals surface area contributed by atoms with Crippen LogP contribution in [0.1, 0.15) is 46.0 Å². The first-order chi connectivity index (χ1) is 21.6. The number of rotatable bonds is 24. The SMILES string of the molecule is CSCC[C@H](NC=O)C(=O)N[C@@H](CC(=O)O)C(=O)NCC(=O)N[C@@H](CS)C(=O)N[C@@H](CCC(=O)O)C(=O)N[C@@H](CC(C)C)C(=O)O.[NH4+]. The number of quaternary nitrogens is 1. The molecule has 0 unspecified atom stereocenters. The zero-order valence-corrected chi connectivity index (χ0v) is 28.3. The minimum Gasteiger partial charge on any atom is -0.481 e. The Labute approximate surface area is 280 Å². The minimum atomic E-state index is -1.62. The molecule has 0 bridgehead atoms. The molecule has 0 spiro atoms. The predicted octanol–water partition coefficient (Wildman–Crippen LogP) is -2.31. The van der Waals surface area contributed by atoms with Crippen LogP contribution in [0.5, 0.6) is 0 Å². The number of thiol groups is 1. The summed E-state index contributed by atoms with van der Waals surface area (Å²) in [6.07, 6.45) is 0.506. The molecule has 0 saturated heterocycles. The van der Waals surface area contributed by atoms with E-state index in [4.69, 9.17) is 5.11 Å². The Morgan fingerprint density at radius 1 is 0.745 bits per heavy atom. The van der Waals surface area contributed by atoms with Gasteiger partial charge in [-0.1, -0.05) is 13.8 Å². The molecular weight excluding hydrogens is 666 g/mol. The van der Waals surface area contributed by atoms with Crippen LogP contribution in [0.15, 0.2) is 0 Å². The number of amides is 6. The molecule has 0 aromatic heterocycles. The maximum absolute atomic E-state index is 12.9. The summed E-state index contributed by atoms with van der Waals surface area (Å²) in [5.41, 5.74) is 0. The van der Waals surface area contributed by atoms with E-state index < -0.39 is 103 Å². The molecule has 13 N–H and O–H groups in total. The van der Waals surface area contributed by atoms with Gasteiger partial charge in [0.05, 0.1) is 13.0 Å². The Morgan fingerprint density at radius 2 is 1.30 bits per heavy atom.